The third-order valence-electron chi connectivity index (χ3n) is 4.76. The van der Waals surface area contributed by atoms with Gasteiger partial charge in [0.1, 0.15) is 5.82 Å². The Labute approximate surface area is 164 Å². The SMILES string of the molecule is Cc1ccc(C(=O)Nc2ccc(N3CCN(c4ncccn4)CC3)nc2)cc1. The van der Waals surface area contributed by atoms with E-state index in [1.165, 1.54) is 0 Å². The Morgan fingerprint density at radius 3 is 2.21 bits per heavy atom. The van der Waals surface area contributed by atoms with E-state index in [0.29, 0.717) is 11.3 Å². The topological polar surface area (TPSA) is 74.2 Å². The predicted molar refractivity (Wildman–Crippen MR) is 110 cm³/mol. The molecule has 0 bridgehead atoms. The maximum Gasteiger partial charge on any atom is 0.255 e. The molecule has 1 aliphatic heterocycles. The van der Waals surface area contributed by atoms with E-state index >= 15 is 0 Å². The highest BCUT2D eigenvalue weighted by atomic mass is 16.1. The summed E-state index contributed by atoms with van der Waals surface area (Å²) in [4.78, 5) is 29.9. The van der Waals surface area contributed by atoms with Crippen molar-refractivity contribution in [3.05, 3.63) is 72.2 Å². The lowest BCUT2D eigenvalue weighted by Crippen LogP contribution is -2.47. The van der Waals surface area contributed by atoms with Crippen molar-refractivity contribution < 1.29 is 4.79 Å². The fourth-order valence-electron chi connectivity index (χ4n) is 3.15. The van der Waals surface area contributed by atoms with Crippen molar-refractivity contribution in [1.82, 2.24) is 15.0 Å². The summed E-state index contributed by atoms with van der Waals surface area (Å²) in [7, 11) is 0. The Hall–Kier alpha value is -3.48. The summed E-state index contributed by atoms with van der Waals surface area (Å²) in [5.74, 6) is 1.54. The number of benzene rings is 1. The molecule has 142 valence electrons. The van der Waals surface area contributed by atoms with Crippen LogP contribution in [0.15, 0.2) is 61.1 Å². The van der Waals surface area contributed by atoms with Crippen LogP contribution in [-0.4, -0.2) is 47.0 Å². The minimum Gasteiger partial charge on any atom is -0.353 e. The number of nitrogens with one attached hydrogen (secondary N) is 1. The van der Waals surface area contributed by atoms with Gasteiger partial charge in [-0.1, -0.05) is 17.7 Å². The third-order valence-corrected chi connectivity index (χ3v) is 4.76. The quantitative estimate of drug-likeness (QED) is 0.757. The van der Waals surface area contributed by atoms with Gasteiger partial charge in [0.2, 0.25) is 5.95 Å². The minimum atomic E-state index is -0.133. The molecule has 28 heavy (non-hydrogen) atoms. The van der Waals surface area contributed by atoms with Crippen LogP contribution < -0.4 is 15.1 Å². The van der Waals surface area contributed by atoms with E-state index in [4.69, 9.17) is 0 Å². The van der Waals surface area contributed by atoms with E-state index in [1.807, 2.05) is 49.4 Å². The first kappa shape index (κ1) is 17.9. The van der Waals surface area contributed by atoms with Crippen molar-refractivity contribution in [3.63, 3.8) is 0 Å². The molecule has 1 saturated heterocycles. The van der Waals surface area contributed by atoms with Crippen molar-refractivity contribution in [2.24, 2.45) is 0 Å². The Balaban J connectivity index is 1.35. The average Bonchev–Trinajstić information content (AvgIpc) is 2.75. The predicted octanol–water partition coefficient (Wildman–Crippen LogP) is 2.76. The van der Waals surface area contributed by atoms with Gasteiger partial charge >= 0.3 is 0 Å². The van der Waals surface area contributed by atoms with Crippen molar-refractivity contribution in [1.29, 1.82) is 0 Å². The first-order chi connectivity index (χ1) is 13.7. The number of piperazine rings is 1. The largest absolute Gasteiger partial charge is 0.353 e. The van der Waals surface area contributed by atoms with E-state index in [1.54, 1.807) is 18.6 Å². The third kappa shape index (κ3) is 4.09. The zero-order valence-electron chi connectivity index (χ0n) is 15.7. The van der Waals surface area contributed by atoms with Crippen molar-refractivity contribution >= 4 is 23.4 Å². The fraction of sp³-hybridized carbons (Fsp3) is 0.238. The number of nitrogens with zero attached hydrogens (tertiary/aromatic N) is 5. The van der Waals surface area contributed by atoms with Crippen LogP contribution in [0.3, 0.4) is 0 Å². The van der Waals surface area contributed by atoms with Crippen LogP contribution in [0.1, 0.15) is 15.9 Å². The summed E-state index contributed by atoms with van der Waals surface area (Å²) < 4.78 is 0. The average molecular weight is 374 g/mol. The van der Waals surface area contributed by atoms with Gasteiger partial charge in [-0.05, 0) is 37.3 Å². The zero-order chi connectivity index (χ0) is 19.3. The van der Waals surface area contributed by atoms with E-state index in [-0.39, 0.29) is 5.91 Å². The number of anilines is 3. The molecule has 2 aromatic heterocycles. The second-order valence-electron chi connectivity index (χ2n) is 6.75. The van der Waals surface area contributed by atoms with Gasteiger partial charge in [0, 0.05) is 44.1 Å². The summed E-state index contributed by atoms with van der Waals surface area (Å²) in [5, 5.41) is 2.89. The lowest BCUT2D eigenvalue weighted by Gasteiger charge is -2.35. The van der Waals surface area contributed by atoms with Crippen LogP contribution >= 0.6 is 0 Å². The van der Waals surface area contributed by atoms with Gasteiger partial charge in [-0.3, -0.25) is 4.79 Å². The maximum atomic E-state index is 12.3. The molecule has 3 heterocycles. The Bertz CT molecular complexity index is 919. The molecule has 1 aliphatic rings. The summed E-state index contributed by atoms with van der Waals surface area (Å²) in [6, 6.07) is 13.2. The smallest absolute Gasteiger partial charge is 0.255 e. The molecule has 0 unspecified atom stereocenters. The number of aryl methyl sites for hydroxylation is 1. The maximum absolute atomic E-state index is 12.3. The van der Waals surface area contributed by atoms with Gasteiger partial charge in [0.25, 0.3) is 5.91 Å². The molecule has 0 spiro atoms. The number of rotatable bonds is 4. The molecule has 0 atom stereocenters. The minimum absolute atomic E-state index is 0.133. The van der Waals surface area contributed by atoms with Crippen LogP contribution in [0.5, 0.6) is 0 Å². The van der Waals surface area contributed by atoms with Crippen LogP contribution in [0.4, 0.5) is 17.5 Å². The van der Waals surface area contributed by atoms with E-state index in [2.05, 4.69) is 30.1 Å². The number of carbonyl (C=O) groups excluding carboxylic acids is 1. The number of pyridine rings is 1. The second-order valence-corrected chi connectivity index (χ2v) is 6.75. The number of carbonyl (C=O) groups is 1. The zero-order valence-corrected chi connectivity index (χ0v) is 15.7. The van der Waals surface area contributed by atoms with Crippen molar-refractivity contribution in [2.45, 2.75) is 6.92 Å². The van der Waals surface area contributed by atoms with E-state index in [9.17, 15) is 4.79 Å². The summed E-state index contributed by atoms with van der Waals surface area (Å²) in [5.41, 5.74) is 2.45. The molecule has 0 saturated carbocycles. The summed E-state index contributed by atoms with van der Waals surface area (Å²) in [6.45, 7) is 5.38. The second kappa shape index (κ2) is 8.04. The molecule has 3 aromatic rings. The highest BCUT2D eigenvalue weighted by Gasteiger charge is 2.19. The molecule has 1 fully saturated rings. The Kier molecular flexibility index (Phi) is 5.14. The molecule has 1 amide bonds. The molecular formula is C21H22N6O. The van der Waals surface area contributed by atoms with Gasteiger partial charge in [-0.25, -0.2) is 15.0 Å². The van der Waals surface area contributed by atoms with Crippen LogP contribution in [0.25, 0.3) is 0 Å². The molecule has 7 heteroatoms. The van der Waals surface area contributed by atoms with Gasteiger partial charge in [0.05, 0.1) is 11.9 Å². The first-order valence-electron chi connectivity index (χ1n) is 9.30. The van der Waals surface area contributed by atoms with E-state index in [0.717, 1.165) is 43.5 Å². The monoisotopic (exact) mass is 374 g/mol. The molecule has 1 N–H and O–H groups in total. The normalized spacial score (nSPS) is 14.0. The van der Waals surface area contributed by atoms with Gasteiger partial charge in [0.15, 0.2) is 0 Å². The fourth-order valence-corrected chi connectivity index (χ4v) is 3.15. The lowest BCUT2D eigenvalue weighted by molar-refractivity contribution is 0.102. The number of amides is 1. The van der Waals surface area contributed by atoms with Gasteiger partial charge in [-0.15, -0.1) is 0 Å². The number of aromatic nitrogens is 3. The molecule has 0 radical (unpaired) electrons. The molecule has 0 aliphatic carbocycles. The van der Waals surface area contributed by atoms with Crippen LogP contribution in [0.2, 0.25) is 0 Å². The highest BCUT2D eigenvalue weighted by molar-refractivity contribution is 6.04. The molecular weight excluding hydrogens is 352 g/mol. The molecule has 7 nitrogen and oxygen atoms in total. The summed E-state index contributed by atoms with van der Waals surface area (Å²) in [6.07, 6.45) is 5.23. The molecule has 1 aromatic carbocycles. The van der Waals surface area contributed by atoms with Gasteiger partial charge < -0.3 is 15.1 Å². The van der Waals surface area contributed by atoms with Crippen LogP contribution in [-0.2, 0) is 0 Å². The van der Waals surface area contributed by atoms with Crippen molar-refractivity contribution in [2.75, 3.05) is 41.3 Å². The Morgan fingerprint density at radius 1 is 0.893 bits per heavy atom. The van der Waals surface area contributed by atoms with Crippen molar-refractivity contribution in [3.8, 4) is 0 Å². The number of hydrogen-bond acceptors (Lipinski definition) is 6. The number of hydrogen-bond donors (Lipinski definition) is 1. The van der Waals surface area contributed by atoms with Gasteiger partial charge in [-0.2, -0.15) is 0 Å². The standard InChI is InChI=1S/C21H22N6O/c1-16-3-5-17(6-4-16)20(28)25-18-7-8-19(24-15-18)26-11-13-27(14-12-26)21-22-9-2-10-23-21/h2-10,15H,11-14H2,1H3,(H,25,28). The highest BCUT2D eigenvalue weighted by Crippen LogP contribution is 2.18. The Morgan fingerprint density at radius 2 is 1.57 bits per heavy atom. The van der Waals surface area contributed by atoms with E-state index < -0.39 is 0 Å². The lowest BCUT2D eigenvalue weighted by atomic mass is 10.1. The first-order valence-corrected chi connectivity index (χ1v) is 9.30. The molecule has 4 rings (SSSR count). The summed E-state index contributed by atoms with van der Waals surface area (Å²) >= 11 is 0. The van der Waals surface area contributed by atoms with Crippen LogP contribution in [0, 0.1) is 6.92 Å².